The van der Waals surface area contributed by atoms with Crippen LogP contribution in [-0.4, -0.2) is 53.6 Å². The SMILES string of the molecule is CCCCCCCCCN1CCCC(Nc2nc3c(c(N4CCCCCC4)n2)CCC3)C1. The Morgan fingerprint density at radius 1 is 0.812 bits per heavy atom. The molecule has 32 heavy (non-hydrogen) atoms. The van der Waals surface area contributed by atoms with Gasteiger partial charge < -0.3 is 15.1 Å². The molecule has 1 aromatic heterocycles. The van der Waals surface area contributed by atoms with Gasteiger partial charge >= 0.3 is 0 Å². The predicted molar refractivity (Wildman–Crippen MR) is 136 cm³/mol. The van der Waals surface area contributed by atoms with E-state index in [0.29, 0.717) is 6.04 Å². The van der Waals surface area contributed by atoms with Gasteiger partial charge in [0.2, 0.25) is 5.95 Å². The lowest BCUT2D eigenvalue weighted by atomic mass is 10.0. The summed E-state index contributed by atoms with van der Waals surface area (Å²) >= 11 is 0. The van der Waals surface area contributed by atoms with E-state index in [9.17, 15) is 0 Å². The number of unbranched alkanes of at least 4 members (excludes halogenated alkanes) is 6. The van der Waals surface area contributed by atoms with E-state index < -0.39 is 0 Å². The second-order valence-electron chi connectivity index (χ2n) is 10.5. The number of nitrogens with one attached hydrogen (secondary N) is 1. The molecule has 1 aromatic rings. The van der Waals surface area contributed by atoms with Gasteiger partial charge in [-0.05, 0) is 64.5 Å². The van der Waals surface area contributed by atoms with Crippen molar-refractivity contribution in [2.45, 2.75) is 116 Å². The van der Waals surface area contributed by atoms with Crippen LogP contribution >= 0.6 is 0 Å². The molecule has 4 rings (SSSR count). The highest BCUT2D eigenvalue weighted by atomic mass is 15.3. The number of likely N-dealkylation sites (tertiary alicyclic amines) is 1. The van der Waals surface area contributed by atoms with Crippen molar-refractivity contribution >= 4 is 11.8 Å². The average molecular weight is 442 g/mol. The quantitative estimate of drug-likeness (QED) is 0.428. The van der Waals surface area contributed by atoms with Crippen LogP contribution in [0.25, 0.3) is 0 Å². The van der Waals surface area contributed by atoms with Gasteiger partial charge in [0.15, 0.2) is 0 Å². The Morgan fingerprint density at radius 2 is 1.59 bits per heavy atom. The van der Waals surface area contributed by atoms with Gasteiger partial charge in [-0.3, -0.25) is 0 Å². The maximum atomic E-state index is 5.12. The summed E-state index contributed by atoms with van der Waals surface area (Å²) in [6.45, 7) is 8.30. The lowest BCUT2D eigenvalue weighted by molar-refractivity contribution is 0.211. The normalized spacial score (nSPS) is 22.0. The molecule has 0 radical (unpaired) electrons. The summed E-state index contributed by atoms with van der Waals surface area (Å²) in [6, 6.07) is 0.491. The molecule has 0 bridgehead atoms. The molecule has 1 atom stereocenters. The van der Waals surface area contributed by atoms with E-state index in [1.165, 1.54) is 133 Å². The van der Waals surface area contributed by atoms with Crippen LogP contribution in [0.5, 0.6) is 0 Å². The molecule has 0 spiro atoms. The van der Waals surface area contributed by atoms with E-state index in [4.69, 9.17) is 9.97 Å². The van der Waals surface area contributed by atoms with Gasteiger partial charge in [-0.2, -0.15) is 4.98 Å². The third kappa shape index (κ3) is 6.82. The van der Waals surface area contributed by atoms with E-state index in [2.05, 4.69) is 22.0 Å². The van der Waals surface area contributed by atoms with Crippen molar-refractivity contribution in [3.05, 3.63) is 11.3 Å². The van der Waals surface area contributed by atoms with Crippen LogP contribution in [0, 0.1) is 0 Å². The van der Waals surface area contributed by atoms with E-state index in [1.807, 2.05) is 0 Å². The zero-order chi connectivity index (χ0) is 22.0. The molecule has 3 heterocycles. The number of hydrogen-bond acceptors (Lipinski definition) is 5. The summed E-state index contributed by atoms with van der Waals surface area (Å²) in [5.74, 6) is 2.15. The van der Waals surface area contributed by atoms with Crippen molar-refractivity contribution in [1.82, 2.24) is 14.9 Å². The number of piperidine rings is 1. The van der Waals surface area contributed by atoms with Gasteiger partial charge in [0.25, 0.3) is 0 Å². The molecule has 1 unspecified atom stereocenters. The molecule has 0 saturated carbocycles. The molecule has 0 amide bonds. The summed E-state index contributed by atoms with van der Waals surface area (Å²) in [6.07, 6.45) is 21.2. The minimum absolute atomic E-state index is 0.491. The first-order valence-electron chi connectivity index (χ1n) is 14.0. The highest BCUT2D eigenvalue weighted by molar-refractivity contribution is 5.54. The molecular weight excluding hydrogens is 394 g/mol. The number of hydrogen-bond donors (Lipinski definition) is 1. The zero-order valence-electron chi connectivity index (χ0n) is 20.7. The van der Waals surface area contributed by atoms with Crippen molar-refractivity contribution in [3.63, 3.8) is 0 Å². The first-order chi connectivity index (χ1) is 15.8. The van der Waals surface area contributed by atoms with Crippen LogP contribution in [0.3, 0.4) is 0 Å². The van der Waals surface area contributed by atoms with Crippen LogP contribution < -0.4 is 10.2 Å². The summed E-state index contributed by atoms with van der Waals surface area (Å²) in [5.41, 5.74) is 2.76. The largest absolute Gasteiger partial charge is 0.356 e. The standard InChI is InChI=1S/C27H47N5/c1-2-3-4-5-6-7-10-18-31-19-14-15-23(22-31)28-27-29-25-17-13-16-24(25)26(30-27)32-20-11-8-9-12-21-32/h23H,2-22H2,1H3,(H,28,29,30). The Balaban J connectivity index is 1.30. The number of aryl methyl sites for hydroxylation is 1. The van der Waals surface area contributed by atoms with Crippen LogP contribution in [0.2, 0.25) is 0 Å². The summed E-state index contributed by atoms with van der Waals surface area (Å²) < 4.78 is 0. The van der Waals surface area contributed by atoms with Gasteiger partial charge in [0, 0.05) is 31.2 Å². The summed E-state index contributed by atoms with van der Waals surface area (Å²) in [5, 5.41) is 3.77. The minimum Gasteiger partial charge on any atom is -0.356 e. The lowest BCUT2D eigenvalue weighted by Crippen LogP contribution is -2.42. The second-order valence-corrected chi connectivity index (χ2v) is 10.5. The maximum absolute atomic E-state index is 5.12. The number of aromatic nitrogens is 2. The molecule has 180 valence electrons. The van der Waals surface area contributed by atoms with Crippen molar-refractivity contribution < 1.29 is 0 Å². The third-order valence-electron chi connectivity index (χ3n) is 7.73. The van der Waals surface area contributed by atoms with E-state index in [-0.39, 0.29) is 0 Å². The third-order valence-corrected chi connectivity index (χ3v) is 7.73. The number of fused-ring (bicyclic) bond motifs is 1. The van der Waals surface area contributed by atoms with Crippen molar-refractivity contribution in [2.24, 2.45) is 0 Å². The van der Waals surface area contributed by atoms with Crippen LogP contribution in [0.4, 0.5) is 11.8 Å². The van der Waals surface area contributed by atoms with Crippen molar-refractivity contribution in [1.29, 1.82) is 0 Å². The fourth-order valence-electron chi connectivity index (χ4n) is 5.87. The molecule has 2 fully saturated rings. The number of rotatable bonds is 11. The Kier molecular flexibility index (Phi) is 9.49. The number of nitrogens with zero attached hydrogens (tertiary/aromatic N) is 4. The Morgan fingerprint density at radius 3 is 2.41 bits per heavy atom. The van der Waals surface area contributed by atoms with Gasteiger partial charge in [-0.25, -0.2) is 4.98 Å². The van der Waals surface area contributed by atoms with E-state index in [0.717, 1.165) is 25.3 Å². The van der Waals surface area contributed by atoms with Gasteiger partial charge in [-0.1, -0.05) is 58.3 Å². The highest BCUT2D eigenvalue weighted by Crippen LogP contribution is 2.31. The fraction of sp³-hybridized carbons (Fsp3) is 0.852. The Hall–Kier alpha value is -1.36. The van der Waals surface area contributed by atoms with Crippen LogP contribution in [0.15, 0.2) is 0 Å². The first kappa shape index (κ1) is 23.8. The smallest absolute Gasteiger partial charge is 0.225 e. The van der Waals surface area contributed by atoms with E-state index in [1.54, 1.807) is 0 Å². The van der Waals surface area contributed by atoms with Gasteiger partial charge in [0.05, 0.1) is 5.69 Å². The van der Waals surface area contributed by atoms with Crippen molar-refractivity contribution in [3.8, 4) is 0 Å². The lowest BCUT2D eigenvalue weighted by Gasteiger charge is -2.33. The molecule has 2 aliphatic heterocycles. The summed E-state index contributed by atoms with van der Waals surface area (Å²) in [4.78, 5) is 15.4. The summed E-state index contributed by atoms with van der Waals surface area (Å²) in [7, 11) is 0. The first-order valence-corrected chi connectivity index (χ1v) is 14.0. The molecule has 1 N–H and O–H groups in total. The molecule has 0 aromatic carbocycles. The topological polar surface area (TPSA) is 44.3 Å². The molecule has 5 heteroatoms. The average Bonchev–Trinajstić information content (AvgIpc) is 3.11. The molecule has 3 aliphatic rings. The molecule has 2 saturated heterocycles. The maximum Gasteiger partial charge on any atom is 0.225 e. The second kappa shape index (κ2) is 12.8. The Bertz CT molecular complexity index is 683. The zero-order valence-corrected chi connectivity index (χ0v) is 20.7. The number of anilines is 2. The molecular formula is C27H47N5. The highest BCUT2D eigenvalue weighted by Gasteiger charge is 2.25. The van der Waals surface area contributed by atoms with Gasteiger partial charge in [0.1, 0.15) is 5.82 Å². The molecule has 5 nitrogen and oxygen atoms in total. The van der Waals surface area contributed by atoms with Crippen molar-refractivity contribution in [2.75, 3.05) is 42.9 Å². The Labute approximate surface area is 196 Å². The van der Waals surface area contributed by atoms with Gasteiger partial charge in [-0.15, -0.1) is 0 Å². The predicted octanol–water partition coefficient (Wildman–Crippen LogP) is 5.97. The monoisotopic (exact) mass is 441 g/mol. The minimum atomic E-state index is 0.491. The molecule has 1 aliphatic carbocycles. The van der Waals surface area contributed by atoms with Crippen LogP contribution in [-0.2, 0) is 12.8 Å². The van der Waals surface area contributed by atoms with E-state index >= 15 is 0 Å². The van der Waals surface area contributed by atoms with Crippen LogP contribution in [0.1, 0.15) is 108 Å². The fourth-order valence-corrected chi connectivity index (χ4v) is 5.87.